The number of esters is 1. The first-order valence-electron chi connectivity index (χ1n) is 6.16. The molecule has 0 bridgehead atoms. The molecule has 0 radical (unpaired) electrons. The number of ether oxygens (including phenoxy) is 1. The van der Waals surface area contributed by atoms with Crippen LogP contribution in [0.4, 0.5) is 0 Å². The predicted molar refractivity (Wildman–Crippen MR) is 64.1 cm³/mol. The molecule has 1 aliphatic heterocycles. The Kier molecular flexibility index (Phi) is 3.78. The number of piperidine rings is 1. The van der Waals surface area contributed by atoms with E-state index in [1.807, 2.05) is 18.5 Å². The minimum atomic E-state index is -0.272. The van der Waals surface area contributed by atoms with Gasteiger partial charge in [-0.05, 0) is 45.8 Å². The van der Waals surface area contributed by atoms with E-state index in [1.54, 1.807) is 6.07 Å². The number of hydrogen-bond donors (Lipinski definition) is 1. The first kappa shape index (κ1) is 12.1. The molecule has 1 aliphatic rings. The van der Waals surface area contributed by atoms with E-state index < -0.39 is 0 Å². The fourth-order valence-electron chi connectivity index (χ4n) is 2.20. The van der Waals surface area contributed by atoms with Crippen LogP contribution in [0.5, 0.6) is 0 Å². The van der Waals surface area contributed by atoms with Gasteiger partial charge in [-0.2, -0.15) is 5.10 Å². The quantitative estimate of drug-likeness (QED) is 0.805. The molecule has 1 aromatic heterocycles. The Morgan fingerprint density at radius 3 is 2.94 bits per heavy atom. The molecular weight excluding hydrogens is 218 g/mol. The zero-order chi connectivity index (χ0) is 12.3. The largest absolute Gasteiger partial charge is 0.461 e. The van der Waals surface area contributed by atoms with Crippen molar-refractivity contribution < 1.29 is 9.53 Å². The van der Waals surface area contributed by atoms with Gasteiger partial charge >= 0.3 is 5.97 Å². The number of carbonyl (C=O) groups excluding carboxylic acids is 1. The molecule has 0 unspecified atom stereocenters. The van der Waals surface area contributed by atoms with E-state index in [0.717, 1.165) is 31.6 Å². The van der Waals surface area contributed by atoms with E-state index in [4.69, 9.17) is 4.74 Å². The highest BCUT2D eigenvalue weighted by atomic mass is 16.5. The Labute approximate surface area is 101 Å². The fraction of sp³-hybridized carbons (Fsp3) is 0.667. The molecule has 5 heteroatoms. The highest BCUT2D eigenvalue weighted by Crippen LogP contribution is 2.21. The molecule has 1 N–H and O–H groups in total. The lowest BCUT2D eigenvalue weighted by molar-refractivity contribution is 0.0507. The van der Waals surface area contributed by atoms with Gasteiger partial charge in [0.05, 0.1) is 18.3 Å². The van der Waals surface area contributed by atoms with Gasteiger partial charge < -0.3 is 10.1 Å². The normalized spacial score (nSPS) is 17.1. The molecule has 1 aromatic rings. The van der Waals surface area contributed by atoms with Gasteiger partial charge in [-0.1, -0.05) is 0 Å². The lowest BCUT2D eigenvalue weighted by Gasteiger charge is -2.24. The number of aryl methyl sites for hydroxylation is 1. The lowest BCUT2D eigenvalue weighted by Crippen LogP contribution is -2.31. The molecule has 0 atom stereocenters. The molecule has 5 nitrogen and oxygen atoms in total. The van der Waals surface area contributed by atoms with Gasteiger partial charge in [-0.15, -0.1) is 0 Å². The van der Waals surface area contributed by atoms with Crippen LogP contribution in [0.3, 0.4) is 0 Å². The molecule has 2 heterocycles. The molecule has 17 heavy (non-hydrogen) atoms. The Morgan fingerprint density at radius 1 is 1.59 bits per heavy atom. The molecule has 0 aromatic carbocycles. The highest BCUT2D eigenvalue weighted by molar-refractivity contribution is 5.87. The zero-order valence-electron chi connectivity index (χ0n) is 10.4. The minimum Gasteiger partial charge on any atom is -0.461 e. The smallest absolute Gasteiger partial charge is 0.356 e. The van der Waals surface area contributed by atoms with Gasteiger partial charge in [-0.3, -0.25) is 4.68 Å². The Morgan fingerprint density at radius 2 is 2.29 bits per heavy atom. The predicted octanol–water partition coefficient (Wildman–Crippen LogP) is 1.29. The Bertz CT molecular complexity index is 394. The summed E-state index contributed by atoms with van der Waals surface area (Å²) >= 11 is 0. The second-order valence-corrected chi connectivity index (χ2v) is 4.32. The average molecular weight is 237 g/mol. The Balaban J connectivity index is 2.22. The van der Waals surface area contributed by atoms with Crippen molar-refractivity contribution in [3.05, 3.63) is 17.5 Å². The summed E-state index contributed by atoms with van der Waals surface area (Å²) in [6.45, 7) is 6.07. The minimum absolute atomic E-state index is 0.272. The third kappa shape index (κ3) is 2.66. The maximum Gasteiger partial charge on any atom is 0.356 e. The summed E-state index contributed by atoms with van der Waals surface area (Å²) in [6.07, 6.45) is 2.01. The first-order valence-corrected chi connectivity index (χ1v) is 6.16. The van der Waals surface area contributed by atoms with Crippen molar-refractivity contribution in [1.29, 1.82) is 0 Å². The molecule has 0 spiro atoms. The number of nitrogens with one attached hydrogen (secondary N) is 1. The molecule has 1 saturated heterocycles. The van der Waals surface area contributed by atoms with Crippen molar-refractivity contribution in [3.63, 3.8) is 0 Å². The summed E-state index contributed by atoms with van der Waals surface area (Å²) in [5, 5.41) is 7.73. The number of nitrogens with zero attached hydrogens (tertiary/aromatic N) is 2. The molecule has 0 aliphatic carbocycles. The van der Waals surface area contributed by atoms with Gasteiger partial charge in [0, 0.05) is 0 Å². The maximum atomic E-state index is 11.8. The van der Waals surface area contributed by atoms with Crippen molar-refractivity contribution in [2.75, 3.05) is 19.7 Å². The van der Waals surface area contributed by atoms with E-state index in [1.165, 1.54) is 0 Å². The maximum absolute atomic E-state index is 11.8. The summed E-state index contributed by atoms with van der Waals surface area (Å²) in [7, 11) is 0. The third-order valence-electron chi connectivity index (χ3n) is 3.00. The summed E-state index contributed by atoms with van der Waals surface area (Å²) in [4.78, 5) is 11.8. The van der Waals surface area contributed by atoms with Gasteiger partial charge in [0.15, 0.2) is 0 Å². The SMILES string of the molecule is CCOC(=O)c1cc(C)nn1C1CCNCC1. The topological polar surface area (TPSA) is 56.1 Å². The van der Waals surface area contributed by atoms with Crippen molar-refractivity contribution >= 4 is 5.97 Å². The van der Waals surface area contributed by atoms with Crippen LogP contribution in [0.1, 0.15) is 42.0 Å². The van der Waals surface area contributed by atoms with E-state index >= 15 is 0 Å². The molecule has 94 valence electrons. The number of carbonyl (C=O) groups is 1. The van der Waals surface area contributed by atoms with Crippen LogP contribution < -0.4 is 5.32 Å². The summed E-state index contributed by atoms with van der Waals surface area (Å²) in [5.41, 5.74) is 1.45. The number of aromatic nitrogens is 2. The Hall–Kier alpha value is -1.36. The van der Waals surface area contributed by atoms with Crippen LogP contribution in [0, 0.1) is 6.92 Å². The van der Waals surface area contributed by atoms with Crippen LogP contribution in [0.15, 0.2) is 6.07 Å². The summed E-state index contributed by atoms with van der Waals surface area (Å²) < 4.78 is 6.90. The second kappa shape index (κ2) is 5.31. The van der Waals surface area contributed by atoms with E-state index in [0.29, 0.717) is 18.3 Å². The summed E-state index contributed by atoms with van der Waals surface area (Å²) in [6, 6.07) is 2.12. The molecule has 0 amide bonds. The monoisotopic (exact) mass is 237 g/mol. The van der Waals surface area contributed by atoms with E-state index in [2.05, 4.69) is 10.4 Å². The number of rotatable bonds is 3. The molecule has 1 fully saturated rings. The third-order valence-corrected chi connectivity index (χ3v) is 3.00. The van der Waals surface area contributed by atoms with E-state index in [-0.39, 0.29) is 5.97 Å². The van der Waals surface area contributed by atoms with Crippen LogP contribution in [0.25, 0.3) is 0 Å². The van der Waals surface area contributed by atoms with Crippen LogP contribution in [-0.2, 0) is 4.74 Å². The van der Waals surface area contributed by atoms with Crippen LogP contribution >= 0.6 is 0 Å². The van der Waals surface area contributed by atoms with Crippen molar-refractivity contribution in [2.24, 2.45) is 0 Å². The zero-order valence-corrected chi connectivity index (χ0v) is 10.4. The van der Waals surface area contributed by atoms with Crippen molar-refractivity contribution in [1.82, 2.24) is 15.1 Å². The van der Waals surface area contributed by atoms with Crippen molar-refractivity contribution in [2.45, 2.75) is 32.7 Å². The average Bonchev–Trinajstić information content (AvgIpc) is 2.73. The number of hydrogen-bond acceptors (Lipinski definition) is 4. The van der Waals surface area contributed by atoms with E-state index in [9.17, 15) is 4.79 Å². The second-order valence-electron chi connectivity index (χ2n) is 4.32. The lowest BCUT2D eigenvalue weighted by atomic mass is 10.1. The van der Waals surface area contributed by atoms with Gasteiger partial charge in [-0.25, -0.2) is 4.79 Å². The van der Waals surface area contributed by atoms with Gasteiger partial charge in [0.1, 0.15) is 5.69 Å². The first-order chi connectivity index (χ1) is 8.22. The summed E-state index contributed by atoms with van der Waals surface area (Å²) in [5.74, 6) is -0.272. The van der Waals surface area contributed by atoms with Gasteiger partial charge in [0.25, 0.3) is 0 Å². The molecular formula is C12H19N3O2. The van der Waals surface area contributed by atoms with Gasteiger partial charge in [0.2, 0.25) is 0 Å². The van der Waals surface area contributed by atoms with Crippen LogP contribution in [0.2, 0.25) is 0 Å². The van der Waals surface area contributed by atoms with Crippen LogP contribution in [-0.4, -0.2) is 35.4 Å². The molecule has 2 rings (SSSR count). The fourth-order valence-corrected chi connectivity index (χ4v) is 2.20. The molecule has 0 saturated carbocycles. The highest BCUT2D eigenvalue weighted by Gasteiger charge is 2.22. The standard InChI is InChI=1S/C12H19N3O2/c1-3-17-12(16)11-8-9(2)14-15(11)10-4-6-13-7-5-10/h8,10,13H,3-7H2,1-2H3. The van der Waals surface area contributed by atoms with Crippen molar-refractivity contribution in [3.8, 4) is 0 Å².